The highest BCUT2D eigenvalue weighted by Gasteiger charge is 2.12. The average molecular weight is 247 g/mol. The lowest BCUT2D eigenvalue weighted by molar-refractivity contribution is 0.0594. The van der Waals surface area contributed by atoms with Crippen molar-refractivity contribution in [2.24, 2.45) is 0 Å². The van der Waals surface area contributed by atoms with Crippen molar-refractivity contribution >= 4 is 5.97 Å². The summed E-state index contributed by atoms with van der Waals surface area (Å²) in [5.41, 5.74) is 1.20. The molecule has 0 atom stereocenters. The molecule has 0 radical (unpaired) electrons. The molecule has 0 spiro atoms. The van der Waals surface area contributed by atoms with Gasteiger partial charge < -0.3 is 13.9 Å². The highest BCUT2D eigenvalue weighted by molar-refractivity contribution is 5.86. The fraction of sp³-hybridized carbons (Fsp3) is 0.231. The molecule has 0 aliphatic rings. The van der Waals surface area contributed by atoms with E-state index in [0.717, 1.165) is 11.3 Å². The van der Waals surface area contributed by atoms with Crippen LogP contribution in [0.1, 0.15) is 21.9 Å². The first-order chi connectivity index (χ1) is 8.72. The number of rotatable bonds is 4. The van der Waals surface area contributed by atoms with E-state index in [0.29, 0.717) is 12.3 Å². The van der Waals surface area contributed by atoms with E-state index in [4.69, 9.17) is 9.15 Å². The van der Waals surface area contributed by atoms with Gasteiger partial charge in [-0.05, 0) is 17.7 Å². The molecule has 5 heteroatoms. The van der Waals surface area contributed by atoms with Crippen LogP contribution >= 0.6 is 0 Å². The third-order valence-corrected chi connectivity index (χ3v) is 2.46. The Kier molecular flexibility index (Phi) is 3.62. The van der Waals surface area contributed by atoms with Gasteiger partial charge in [0, 0.05) is 6.42 Å². The normalized spacial score (nSPS) is 10.1. The molecule has 5 nitrogen and oxygen atoms in total. The van der Waals surface area contributed by atoms with Crippen molar-refractivity contribution in [3.8, 4) is 5.75 Å². The minimum atomic E-state index is -0.500. The number of esters is 1. The summed E-state index contributed by atoms with van der Waals surface area (Å²) in [6.45, 7) is 0. The second-order valence-electron chi connectivity index (χ2n) is 3.64. The van der Waals surface area contributed by atoms with E-state index >= 15 is 0 Å². The highest BCUT2D eigenvalue weighted by Crippen LogP contribution is 2.14. The zero-order valence-corrected chi connectivity index (χ0v) is 10.2. The predicted molar refractivity (Wildman–Crippen MR) is 63.6 cm³/mol. The number of carbonyl (C=O) groups is 1. The first kappa shape index (κ1) is 12.2. The lowest BCUT2D eigenvalue weighted by atomic mass is 10.1. The van der Waals surface area contributed by atoms with Crippen LogP contribution in [-0.4, -0.2) is 25.2 Å². The van der Waals surface area contributed by atoms with E-state index in [1.807, 2.05) is 24.3 Å². The molecular formula is C13H13NO4. The van der Waals surface area contributed by atoms with E-state index in [1.165, 1.54) is 13.4 Å². The number of benzene rings is 1. The number of oxazole rings is 1. The molecule has 1 aromatic carbocycles. The Morgan fingerprint density at radius 1 is 1.28 bits per heavy atom. The van der Waals surface area contributed by atoms with Crippen LogP contribution in [0.2, 0.25) is 0 Å². The lowest BCUT2D eigenvalue weighted by Gasteiger charge is -2.00. The number of aromatic nitrogens is 1. The minimum Gasteiger partial charge on any atom is -0.497 e. The van der Waals surface area contributed by atoms with Gasteiger partial charge in [-0.3, -0.25) is 0 Å². The molecule has 0 bridgehead atoms. The molecule has 0 saturated heterocycles. The largest absolute Gasteiger partial charge is 0.497 e. The molecule has 1 aromatic heterocycles. The Balaban J connectivity index is 2.08. The fourth-order valence-corrected chi connectivity index (χ4v) is 1.51. The molecule has 0 unspecified atom stereocenters. The molecule has 0 aliphatic heterocycles. The van der Waals surface area contributed by atoms with Gasteiger partial charge in [-0.2, -0.15) is 0 Å². The van der Waals surface area contributed by atoms with E-state index in [2.05, 4.69) is 9.72 Å². The molecule has 2 rings (SSSR count). The van der Waals surface area contributed by atoms with Gasteiger partial charge in [0.05, 0.1) is 14.2 Å². The second-order valence-corrected chi connectivity index (χ2v) is 3.64. The number of ether oxygens (including phenoxy) is 2. The maximum Gasteiger partial charge on any atom is 0.360 e. The Morgan fingerprint density at radius 3 is 2.61 bits per heavy atom. The van der Waals surface area contributed by atoms with Crippen LogP contribution in [0.5, 0.6) is 5.75 Å². The lowest BCUT2D eigenvalue weighted by Crippen LogP contribution is -2.01. The Bertz CT molecular complexity index is 530. The third kappa shape index (κ3) is 2.68. The van der Waals surface area contributed by atoms with Crippen LogP contribution in [0.15, 0.2) is 34.9 Å². The quantitative estimate of drug-likeness (QED) is 0.774. The number of carbonyl (C=O) groups excluding carboxylic acids is 1. The van der Waals surface area contributed by atoms with E-state index in [9.17, 15) is 4.79 Å². The van der Waals surface area contributed by atoms with Crippen LogP contribution in [0.25, 0.3) is 0 Å². The maximum absolute atomic E-state index is 11.2. The van der Waals surface area contributed by atoms with Crippen molar-refractivity contribution in [3.63, 3.8) is 0 Å². The molecule has 0 amide bonds. The van der Waals surface area contributed by atoms with Gasteiger partial charge in [0.1, 0.15) is 12.0 Å². The molecule has 18 heavy (non-hydrogen) atoms. The first-order valence-electron chi connectivity index (χ1n) is 5.38. The molecule has 0 N–H and O–H groups in total. The fourth-order valence-electron chi connectivity index (χ4n) is 1.51. The van der Waals surface area contributed by atoms with Gasteiger partial charge in [0.2, 0.25) is 0 Å². The molecule has 1 heterocycles. The molecule has 0 aliphatic carbocycles. The summed E-state index contributed by atoms with van der Waals surface area (Å²) in [7, 11) is 2.92. The summed E-state index contributed by atoms with van der Waals surface area (Å²) in [4.78, 5) is 15.2. The van der Waals surface area contributed by atoms with Crippen LogP contribution in [0, 0.1) is 0 Å². The van der Waals surface area contributed by atoms with E-state index in [1.54, 1.807) is 7.11 Å². The highest BCUT2D eigenvalue weighted by atomic mass is 16.5. The number of nitrogens with zero attached hydrogens (tertiary/aromatic N) is 1. The van der Waals surface area contributed by atoms with Crippen molar-refractivity contribution in [1.29, 1.82) is 0 Å². The van der Waals surface area contributed by atoms with Crippen molar-refractivity contribution < 1.29 is 18.7 Å². The van der Waals surface area contributed by atoms with Crippen LogP contribution in [-0.2, 0) is 11.2 Å². The Hall–Kier alpha value is -2.30. The van der Waals surface area contributed by atoms with Crippen molar-refractivity contribution in [3.05, 3.63) is 47.7 Å². The van der Waals surface area contributed by atoms with E-state index in [-0.39, 0.29) is 5.69 Å². The Morgan fingerprint density at radius 2 is 2.00 bits per heavy atom. The Labute approximate surface area is 104 Å². The van der Waals surface area contributed by atoms with Crippen molar-refractivity contribution in [2.45, 2.75) is 6.42 Å². The number of hydrogen-bond donors (Lipinski definition) is 0. The van der Waals surface area contributed by atoms with Gasteiger partial charge in [0.15, 0.2) is 11.6 Å². The number of hydrogen-bond acceptors (Lipinski definition) is 5. The zero-order valence-electron chi connectivity index (χ0n) is 10.2. The summed E-state index contributed by atoms with van der Waals surface area (Å²) >= 11 is 0. The minimum absolute atomic E-state index is 0.181. The van der Waals surface area contributed by atoms with Gasteiger partial charge in [-0.1, -0.05) is 12.1 Å². The van der Waals surface area contributed by atoms with Crippen molar-refractivity contribution in [2.75, 3.05) is 14.2 Å². The van der Waals surface area contributed by atoms with Gasteiger partial charge in [-0.15, -0.1) is 0 Å². The molecule has 2 aromatic rings. The average Bonchev–Trinajstić information content (AvgIpc) is 2.87. The summed E-state index contributed by atoms with van der Waals surface area (Å²) in [6, 6.07) is 7.56. The molecule has 0 fully saturated rings. The summed E-state index contributed by atoms with van der Waals surface area (Å²) in [6.07, 6.45) is 1.81. The molecule has 0 saturated carbocycles. The summed E-state index contributed by atoms with van der Waals surface area (Å²) in [5, 5.41) is 0. The van der Waals surface area contributed by atoms with Crippen LogP contribution in [0.3, 0.4) is 0 Å². The van der Waals surface area contributed by atoms with Gasteiger partial charge in [-0.25, -0.2) is 9.78 Å². The first-order valence-corrected chi connectivity index (χ1v) is 5.38. The topological polar surface area (TPSA) is 61.6 Å². The summed E-state index contributed by atoms with van der Waals surface area (Å²) < 4.78 is 14.8. The third-order valence-electron chi connectivity index (χ3n) is 2.46. The zero-order chi connectivity index (χ0) is 13.0. The SMILES string of the molecule is COC(=O)c1coc(Cc2ccc(OC)cc2)n1. The second kappa shape index (κ2) is 5.35. The molecular weight excluding hydrogens is 234 g/mol. The standard InChI is InChI=1S/C13H13NO4/c1-16-10-5-3-9(4-6-10)7-12-14-11(8-18-12)13(15)17-2/h3-6,8H,7H2,1-2H3. The number of methoxy groups -OCH3 is 2. The smallest absolute Gasteiger partial charge is 0.360 e. The predicted octanol–water partition coefficient (Wildman–Crippen LogP) is 2.06. The van der Waals surface area contributed by atoms with Gasteiger partial charge >= 0.3 is 5.97 Å². The van der Waals surface area contributed by atoms with Crippen molar-refractivity contribution in [1.82, 2.24) is 4.98 Å². The summed E-state index contributed by atoms with van der Waals surface area (Å²) in [5.74, 6) is 0.765. The molecule has 94 valence electrons. The van der Waals surface area contributed by atoms with E-state index < -0.39 is 5.97 Å². The van der Waals surface area contributed by atoms with Crippen LogP contribution < -0.4 is 4.74 Å². The van der Waals surface area contributed by atoms with Crippen LogP contribution in [0.4, 0.5) is 0 Å². The maximum atomic E-state index is 11.2. The monoisotopic (exact) mass is 247 g/mol. The van der Waals surface area contributed by atoms with Gasteiger partial charge in [0.25, 0.3) is 0 Å².